The van der Waals surface area contributed by atoms with Crippen LogP contribution in [0.4, 0.5) is 8.78 Å². The molecule has 8 heteroatoms. The number of amides is 1. The second-order valence-electron chi connectivity index (χ2n) is 6.98. The lowest BCUT2D eigenvalue weighted by Crippen LogP contribution is -2.46. The number of carbonyl (C=O) groups is 1. The number of nitrogens with one attached hydrogen (secondary N) is 1. The van der Waals surface area contributed by atoms with Crippen LogP contribution in [0.1, 0.15) is 28.6 Å². The smallest absolute Gasteiger partial charge is 0.255 e. The van der Waals surface area contributed by atoms with E-state index in [1.54, 1.807) is 0 Å². The van der Waals surface area contributed by atoms with Crippen molar-refractivity contribution in [2.45, 2.75) is 32.9 Å². The molecule has 1 unspecified atom stereocenters. The van der Waals surface area contributed by atoms with Gasteiger partial charge in [-0.2, -0.15) is 5.10 Å². The van der Waals surface area contributed by atoms with E-state index in [9.17, 15) is 13.6 Å². The number of hydrogen-bond acceptors (Lipinski definition) is 4. The number of carbonyl (C=O) groups excluding carboxylic acids is 1. The second-order valence-corrected chi connectivity index (χ2v) is 6.98. The van der Waals surface area contributed by atoms with Crippen LogP contribution in [0.5, 0.6) is 0 Å². The standard InChI is InChI=1S/C20H26F2N4O2/c1-14-20(15(2)26(24-14)11-16-6-4-3-5-7-16)17-13-28-9-8-25(17)12-19(27)23-10-18(21)22/h3-7,17-18H,8-13H2,1-2H3,(H,23,27). The number of aryl methyl sites for hydroxylation is 1. The SMILES string of the molecule is Cc1nn(Cc2ccccc2)c(C)c1C1COCCN1CC(=O)NCC(F)F. The molecule has 1 fully saturated rings. The molecular weight excluding hydrogens is 366 g/mol. The van der Waals surface area contributed by atoms with Crippen molar-refractivity contribution in [3.63, 3.8) is 0 Å². The maximum Gasteiger partial charge on any atom is 0.255 e. The third-order valence-corrected chi connectivity index (χ3v) is 4.99. The molecule has 1 saturated heterocycles. The molecule has 1 atom stereocenters. The van der Waals surface area contributed by atoms with Gasteiger partial charge in [0, 0.05) is 17.8 Å². The third kappa shape index (κ3) is 4.94. The fourth-order valence-corrected chi connectivity index (χ4v) is 3.63. The number of ether oxygens (including phenoxy) is 1. The Bertz CT molecular complexity index is 795. The first kappa shape index (κ1) is 20.4. The predicted molar refractivity (Wildman–Crippen MR) is 101 cm³/mol. The number of aromatic nitrogens is 2. The Morgan fingerprint density at radius 3 is 2.79 bits per heavy atom. The average Bonchev–Trinajstić information content (AvgIpc) is 2.95. The van der Waals surface area contributed by atoms with Gasteiger partial charge in [-0.3, -0.25) is 14.4 Å². The van der Waals surface area contributed by atoms with E-state index >= 15 is 0 Å². The fraction of sp³-hybridized carbons (Fsp3) is 0.500. The summed E-state index contributed by atoms with van der Waals surface area (Å²) in [5, 5.41) is 6.96. The van der Waals surface area contributed by atoms with Gasteiger partial charge in [0.05, 0.1) is 44.6 Å². The maximum atomic E-state index is 12.3. The number of rotatable bonds is 7. The highest BCUT2D eigenvalue weighted by Gasteiger charge is 2.31. The molecule has 1 aliphatic rings. The van der Waals surface area contributed by atoms with Gasteiger partial charge in [0.1, 0.15) is 0 Å². The molecule has 0 radical (unpaired) electrons. The van der Waals surface area contributed by atoms with Gasteiger partial charge in [-0.25, -0.2) is 8.78 Å². The molecule has 1 amide bonds. The van der Waals surface area contributed by atoms with Gasteiger partial charge < -0.3 is 10.1 Å². The fourth-order valence-electron chi connectivity index (χ4n) is 3.63. The summed E-state index contributed by atoms with van der Waals surface area (Å²) in [6.45, 7) is 5.58. The predicted octanol–water partition coefficient (Wildman–Crippen LogP) is 2.30. The van der Waals surface area contributed by atoms with Gasteiger partial charge in [-0.1, -0.05) is 30.3 Å². The van der Waals surface area contributed by atoms with E-state index < -0.39 is 18.9 Å². The van der Waals surface area contributed by atoms with Gasteiger partial charge in [0.2, 0.25) is 5.91 Å². The Morgan fingerprint density at radius 1 is 1.32 bits per heavy atom. The summed E-state index contributed by atoms with van der Waals surface area (Å²) in [4.78, 5) is 14.0. The summed E-state index contributed by atoms with van der Waals surface area (Å²) in [6, 6.07) is 9.95. The molecular formula is C20H26F2N4O2. The van der Waals surface area contributed by atoms with E-state index in [0.29, 0.717) is 26.3 Å². The summed E-state index contributed by atoms with van der Waals surface area (Å²) >= 11 is 0. The second kappa shape index (κ2) is 9.25. The summed E-state index contributed by atoms with van der Waals surface area (Å²) < 4.78 is 32.3. The normalized spacial score (nSPS) is 17.8. The van der Waals surface area contributed by atoms with Gasteiger partial charge in [0.15, 0.2) is 0 Å². The number of hydrogen-bond donors (Lipinski definition) is 1. The Hall–Kier alpha value is -2.32. The third-order valence-electron chi connectivity index (χ3n) is 4.99. The molecule has 1 aromatic heterocycles. The van der Waals surface area contributed by atoms with E-state index in [1.165, 1.54) is 0 Å². The molecule has 2 aromatic rings. The number of nitrogens with zero attached hydrogens (tertiary/aromatic N) is 3. The van der Waals surface area contributed by atoms with Crippen molar-refractivity contribution in [3.8, 4) is 0 Å². The van der Waals surface area contributed by atoms with Gasteiger partial charge in [-0.15, -0.1) is 0 Å². The summed E-state index contributed by atoms with van der Waals surface area (Å²) in [7, 11) is 0. The Balaban J connectivity index is 1.77. The van der Waals surface area contributed by atoms with Crippen molar-refractivity contribution in [1.29, 1.82) is 0 Å². The zero-order valence-corrected chi connectivity index (χ0v) is 16.2. The van der Waals surface area contributed by atoms with Crippen molar-refractivity contribution in [2.24, 2.45) is 0 Å². The number of halogens is 2. The molecule has 1 N–H and O–H groups in total. The lowest BCUT2D eigenvalue weighted by Gasteiger charge is -2.35. The number of morpholine rings is 1. The summed E-state index contributed by atoms with van der Waals surface area (Å²) in [5.41, 5.74) is 4.11. The highest BCUT2D eigenvalue weighted by atomic mass is 19.3. The summed E-state index contributed by atoms with van der Waals surface area (Å²) in [5.74, 6) is -0.404. The molecule has 0 spiro atoms. The van der Waals surface area contributed by atoms with Crippen LogP contribution in [0.2, 0.25) is 0 Å². The van der Waals surface area contributed by atoms with E-state index in [1.807, 2.05) is 41.6 Å². The van der Waals surface area contributed by atoms with Crippen LogP contribution in [0, 0.1) is 13.8 Å². The van der Waals surface area contributed by atoms with E-state index in [-0.39, 0.29) is 12.6 Å². The molecule has 1 aromatic carbocycles. The van der Waals surface area contributed by atoms with Crippen molar-refractivity contribution in [2.75, 3.05) is 32.8 Å². The minimum absolute atomic E-state index is 0.0590. The van der Waals surface area contributed by atoms with Gasteiger partial charge in [-0.05, 0) is 19.4 Å². The van der Waals surface area contributed by atoms with Crippen molar-refractivity contribution in [3.05, 3.63) is 52.8 Å². The van der Waals surface area contributed by atoms with E-state index in [2.05, 4.69) is 22.5 Å². The molecule has 6 nitrogen and oxygen atoms in total. The molecule has 1 aliphatic heterocycles. The average molecular weight is 392 g/mol. The minimum atomic E-state index is -2.55. The van der Waals surface area contributed by atoms with Crippen LogP contribution >= 0.6 is 0 Å². The Kier molecular flexibility index (Phi) is 6.74. The molecule has 0 aliphatic carbocycles. The molecule has 152 valence electrons. The van der Waals surface area contributed by atoms with Crippen LogP contribution < -0.4 is 5.32 Å². The Morgan fingerprint density at radius 2 is 2.07 bits per heavy atom. The van der Waals surface area contributed by atoms with Crippen LogP contribution in [-0.2, 0) is 16.1 Å². The van der Waals surface area contributed by atoms with E-state index in [0.717, 1.165) is 22.5 Å². The minimum Gasteiger partial charge on any atom is -0.378 e. The topological polar surface area (TPSA) is 59.4 Å². The van der Waals surface area contributed by atoms with Crippen LogP contribution in [-0.4, -0.2) is 59.9 Å². The van der Waals surface area contributed by atoms with Crippen molar-refractivity contribution < 1.29 is 18.3 Å². The first-order valence-electron chi connectivity index (χ1n) is 9.40. The number of benzene rings is 1. The number of alkyl halides is 2. The highest BCUT2D eigenvalue weighted by molar-refractivity contribution is 5.78. The lowest BCUT2D eigenvalue weighted by atomic mass is 10.0. The van der Waals surface area contributed by atoms with Crippen LogP contribution in [0.15, 0.2) is 30.3 Å². The lowest BCUT2D eigenvalue weighted by molar-refractivity contribution is -0.125. The largest absolute Gasteiger partial charge is 0.378 e. The molecule has 0 saturated carbocycles. The highest BCUT2D eigenvalue weighted by Crippen LogP contribution is 2.29. The van der Waals surface area contributed by atoms with Crippen molar-refractivity contribution in [1.82, 2.24) is 20.0 Å². The summed E-state index contributed by atoms with van der Waals surface area (Å²) in [6.07, 6.45) is -2.55. The van der Waals surface area contributed by atoms with Crippen LogP contribution in [0.25, 0.3) is 0 Å². The maximum absolute atomic E-state index is 12.3. The quantitative estimate of drug-likeness (QED) is 0.786. The van der Waals surface area contributed by atoms with Crippen LogP contribution in [0.3, 0.4) is 0 Å². The van der Waals surface area contributed by atoms with Crippen molar-refractivity contribution >= 4 is 5.91 Å². The zero-order valence-electron chi connectivity index (χ0n) is 16.2. The Labute approximate surface area is 163 Å². The molecule has 0 bridgehead atoms. The molecule has 3 rings (SSSR count). The van der Waals surface area contributed by atoms with E-state index in [4.69, 9.17) is 4.74 Å². The van der Waals surface area contributed by atoms with Gasteiger partial charge >= 0.3 is 0 Å². The first-order valence-corrected chi connectivity index (χ1v) is 9.40. The monoisotopic (exact) mass is 392 g/mol. The molecule has 28 heavy (non-hydrogen) atoms. The zero-order chi connectivity index (χ0) is 20.1. The first-order chi connectivity index (χ1) is 13.5. The molecule has 2 heterocycles. The van der Waals surface area contributed by atoms with Gasteiger partial charge in [0.25, 0.3) is 6.43 Å².